The first-order valence-corrected chi connectivity index (χ1v) is 4.92. The number of hydrogen-bond acceptors (Lipinski definition) is 3. The van der Waals surface area contributed by atoms with Crippen LogP contribution in [0.3, 0.4) is 0 Å². The quantitative estimate of drug-likeness (QED) is 0.729. The minimum atomic E-state index is -0.0696. The largest absolute Gasteiger partial charge is 0.504 e. The maximum Gasteiger partial charge on any atom is 0.160 e. The zero-order valence-electron chi connectivity index (χ0n) is 8.94. The number of allylic oxidation sites excluding steroid dienone is 1. The van der Waals surface area contributed by atoms with Gasteiger partial charge in [-0.15, -0.1) is 6.58 Å². The Morgan fingerprint density at radius 3 is 2.87 bits per heavy atom. The van der Waals surface area contributed by atoms with Crippen molar-refractivity contribution in [2.45, 2.75) is 18.9 Å². The standard InChI is InChI=1S/C12H17NO2/c1-3-4-5-10(13)9-6-7-12(15-2)11(14)8-9/h3,6-8,10,14H,1,4-5,13H2,2H3/t10-/m1/s1. The highest BCUT2D eigenvalue weighted by Gasteiger charge is 2.08. The SMILES string of the molecule is C=CCC[C@@H](N)c1ccc(OC)c(O)c1. The van der Waals surface area contributed by atoms with Crippen LogP contribution in [0.25, 0.3) is 0 Å². The van der Waals surface area contributed by atoms with Gasteiger partial charge in [-0.3, -0.25) is 0 Å². The van der Waals surface area contributed by atoms with E-state index in [1.54, 1.807) is 12.1 Å². The molecule has 0 unspecified atom stereocenters. The number of phenolic OH excluding ortho intramolecular Hbond substituents is 1. The molecule has 3 nitrogen and oxygen atoms in total. The number of methoxy groups -OCH3 is 1. The molecule has 15 heavy (non-hydrogen) atoms. The van der Waals surface area contributed by atoms with Gasteiger partial charge >= 0.3 is 0 Å². The predicted octanol–water partition coefficient (Wildman–Crippen LogP) is 2.37. The lowest BCUT2D eigenvalue weighted by atomic mass is 10.0. The second kappa shape index (κ2) is 5.41. The molecule has 3 heteroatoms. The predicted molar refractivity (Wildman–Crippen MR) is 61.0 cm³/mol. The summed E-state index contributed by atoms with van der Waals surface area (Å²) in [4.78, 5) is 0. The third-order valence-electron chi connectivity index (χ3n) is 2.31. The van der Waals surface area contributed by atoms with Gasteiger partial charge in [0.15, 0.2) is 11.5 Å². The highest BCUT2D eigenvalue weighted by molar-refractivity contribution is 5.42. The highest BCUT2D eigenvalue weighted by atomic mass is 16.5. The van der Waals surface area contributed by atoms with Crippen LogP contribution >= 0.6 is 0 Å². The first-order valence-electron chi connectivity index (χ1n) is 4.92. The summed E-state index contributed by atoms with van der Waals surface area (Å²) in [6.45, 7) is 3.65. The van der Waals surface area contributed by atoms with Crippen molar-refractivity contribution >= 4 is 0 Å². The maximum atomic E-state index is 9.56. The number of aromatic hydroxyl groups is 1. The minimum absolute atomic E-state index is 0.0696. The number of nitrogens with two attached hydrogens (primary N) is 1. The van der Waals surface area contributed by atoms with E-state index < -0.39 is 0 Å². The molecule has 0 aromatic heterocycles. The second-order valence-electron chi connectivity index (χ2n) is 3.40. The van der Waals surface area contributed by atoms with Crippen LogP contribution in [0, 0.1) is 0 Å². The summed E-state index contributed by atoms with van der Waals surface area (Å²) in [5.74, 6) is 0.596. The van der Waals surface area contributed by atoms with Crippen LogP contribution in [0.2, 0.25) is 0 Å². The minimum Gasteiger partial charge on any atom is -0.504 e. The van der Waals surface area contributed by atoms with Gasteiger partial charge in [-0.05, 0) is 30.5 Å². The Balaban J connectivity index is 2.77. The van der Waals surface area contributed by atoms with Crippen LogP contribution in [-0.2, 0) is 0 Å². The summed E-state index contributed by atoms with van der Waals surface area (Å²) in [5.41, 5.74) is 6.85. The monoisotopic (exact) mass is 207 g/mol. The molecule has 0 fully saturated rings. The van der Waals surface area contributed by atoms with Gasteiger partial charge in [0.2, 0.25) is 0 Å². The summed E-state index contributed by atoms with van der Waals surface area (Å²) in [6, 6.07) is 5.16. The van der Waals surface area contributed by atoms with Crippen molar-refractivity contribution in [3.05, 3.63) is 36.4 Å². The molecule has 0 bridgehead atoms. The summed E-state index contributed by atoms with van der Waals surface area (Å²) >= 11 is 0. The van der Waals surface area contributed by atoms with E-state index in [0.29, 0.717) is 5.75 Å². The summed E-state index contributed by atoms with van der Waals surface area (Å²) in [7, 11) is 1.52. The fourth-order valence-electron chi connectivity index (χ4n) is 1.40. The molecule has 1 aromatic carbocycles. The highest BCUT2D eigenvalue weighted by Crippen LogP contribution is 2.29. The summed E-state index contributed by atoms with van der Waals surface area (Å²) in [5, 5.41) is 9.56. The zero-order valence-corrected chi connectivity index (χ0v) is 8.94. The number of benzene rings is 1. The van der Waals surface area contributed by atoms with Gasteiger partial charge in [0.25, 0.3) is 0 Å². The van der Waals surface area contributed by atoms with Crippen LogP contribution in [0.15, 0.2) is 30.9 Å². The van der Waals surface area contributed by atoms with Crippen molar-refractivity contribution in [3.63, 3.8) is 0 Å². The Morgan fingerprint density at radius 2 is 2.33 bits per heavy atom. The molecule has 82 valence electrons. The van der Waals surface area contributed by atoms with Gasteiger partial charge in [-0.1, -0.05) is 12.1 Å². The number of phenols is 1. The van der Waals surface area contributed by atoms with Gasteiger partial charge < -0.3 is 15.6 Å². The molecule has 0 aliphatic carbocycles. The Hall–Kier alpha value is -1.48. The molecule has 0 radical (unpaired) electrons. The smallest absolute Gasteiger partial charge is 0.160 e. The molecular weight excluding hydrogens is 190 g/mol. The van der Waals surface area contributed by atoms with Gasteiger partial charge in [0.1, 0.15) is 0 Å². The fourth-order valence-corrected chi connectivity index (χ4v) is 1.40. The van der Waals surface area contributed by atoms with Gasteiger partial charge in [-0.2, -0.15) is 0 Å². The molecule has 0 heterocycles. The van der Waals surface area contributed by atoms with E-state index in [4.69, 9.17) is 10.5 Å². The molecule has 0 aliphatic heterocycles. The molecule has 1 aromatic rings. The van der Waals surface area contributed by atoms with Crippen molar-refractivity contribution in [1.29, 1.82) is 0 Å². The first-order chi connectivity index (χ1) is 7.19. The van der Waals surface area contributed by atoms with E-state index in [1.165, 1.54) is 7.11 Å². The maximum absolute atomic E-state index is 9.56. The van der Waals surface area contributed by atoms with Gasteiger partial charge in [0, 0.05) is 6.04 Å². The topological polar surface area (TPSA) is 55.5 Å². The molecule has 1 rings (SSSR count). The lowest BCUT2D eigenvalue weighted by Gasteiger charge is -2.12. The van der Waals surface area contributed by atoms with E-state index in [2.05, 4.69) is 6.58 Å². The van der Waals surface area contributed by atoms with Crippen molar-refractivity contribution in [2.75, 3.05) is 7.11 Å². The molecule has 0 aliphatic rings. The van der Waals surface area contributed by atoms with E-state index in [-0.39, 0.29) is 11.8 Å². The van der Waals surface area contributed by atoms with Crippen LogP contribution in [0.4, 0.5) is 0 Å². The number of rotatable bonds is 5. The van der Waals surface area contributed by atoms with Crippen LogP contribution in [0.5, 0.6) is 11.5 Å². The Morgan fingerprint density at radius 1 is 1.60 bits per heavy atom. The van der Waals surface area contributed by atoms with E-state index in [9.17, 15) is 5.11 Å². The summed E-state index contributed by atoms with van der Waals surface area (Å²) in [6.07, 6.45) is 3.53. The van der Waals surface area contributed by atoms with Crippen molar-refractivity contribution in [1.82, 2.24) is 0 Å². The normalized spacial score (nSPS) is 12.1. The molecule has 1 atom stereocenters. The number of ether oxygens (including phenoxy) is 1. The van der Waals surface area contributed by atoms with Gasteiger partial charge in [0.05, 0.1) is 7.11 Å². The van der Waals surface area contributed by atoms with Crippen LogP contribution < -0.4 is 10.5 Å². The van der Waals surface area contributed by atoms with E-state index in [0.717, 1.165) is 18.4 Å². The number of hydrogen-bond donors (Lipinski definition) is 2. The molecule has 0 saturated carbocycles. The van der Waals surface area contributed by atoms with Crippen molar-refractivity contribution in [2.24, 2.45) is 5.73 Å². The van der Waals surface area contributed by atoms with Crippen LogP contribution in [0.1, 0.15) is 24.4 Å². The van der Waals surface area contributed by atoms with Crippen LogP contribution in [-0.4, -0.2) is 12.2 Å². The third-order valence-corrected chi connectivity index (χ3v) is 2.31. The average Bonchev–Trinajstić information content (AvgIpc) is 2.25. The lowest BCUT2D eigenvalue weighted by Crippen LogP contribution is -2.09. The lowest BCUT2D eigenvalue weighted by molar-refractivity contribution is 0.372. The molecular formula is C12H17NO2. The van der Waals surface area contributed by atoms with E-state index >= 15 is 0 Å². The molecule has 0 spiro atoms. The van der Waals surface area contributed by atoms with E-state index in [1.807, 2.05) is 12.1 Å². The van der Waals surface area contributed by atoms with Crippen molar-refractivity contribution in [3.8, 4) is 11.5 Å². The van der Waals surface area contributed by atoms with Gasteiger partial charge in [-0.25, -0.2) is 0 Å². The Bertz CT molecular complexity index is 336. The third kappa shape index (κ3) is 2.99. The summed E-state index contributed by atoms with van der Waals surface area (Å²) < 4.78 is 4.95. The molecule has 3 N–H and O–H groups in total. The zero-order chi connectivity index (χ0) is 11.3. The van der Waals surface area contributed by atoms with Crippen molar-refractivity contribution < 1.29 is 9.84 Å². The Labute approximate surface area is 90.2 Å². The Kier molecular flexibility index (Phi) is 4.18. The average molecular weight is 207 g/mol. The second-order valence-corrected chi connectivity index (χ2v) is 3.40. The molecule has 0 saturated heterocycles. The first kappa shape index (κ1) is 11.6. The molecule has 0 amide bonds. The fraction of sp³-hybridized carbons (Fsp3) is 0.333.